The van der Waals surface area contributed by atoms with E-state index in [0.29, 0.717) is 17.2 Å². The second-order valence-corrected chi connectivity index (χ2v) is 10.1. The zero-order chi connectivity index (χ0) is 31.8. The predicted molar refractivity (Wildman–Crippen MR) is 143 cm³/mol. The Morgan fingerprint density at radius 2 is 1.84 bits per heavy atom. The Kier molecular flexibility index (Phi) is 8.43. The van der Waals surface area contributed by atoms with E-state index in [-0.39, 0.29) is 41.9 Å². The van der Waals surface area contributed by atoms with E-state index < -0.39 is 65.5 Å². The first-order valence-corrected chi connectivity index (χ1v) is 13.2. The lowest BCUT2D eigenvalue weighted by Crippen LogP contribution is -2.36. The van der Waals surface area contributed by atoms with Crippen molar-refractivity contribution in [2.24, 2.45) is 5.73 Å². The van der Waals surface area contributed by atoms with Crippen molar-refractivity contribution < 1.29 is 41.0 Å². The maximum atomic E-state index is 14.3. The highest BCUT2D eigenvalue weighted by Crippen LogP contribution is 2.34. The Morgan fingerprint density at radius 3 is 2.52 bits per heavy atom. The molecule has 0 fully saturated rings. The number of hydrogen-bond donors (Lipinski definition) is 4. The number of carbonyl (C=O) groups excluding carboxylic acids is 2. The Morgan fingerprint density at radius 1 is 1.11 bits per heavy atom. The number of fused-ring (bicyclic) bond motifs is 1. The largest absolute Gasteiger partial charge is 0.435 e. The van der Waals surface area contributed by atoms with Gasteiger partial charge in [-0.2, -0.15) is 18.3 Å². The number of halogens is 6. The lowest BCUT2D eigenvalue weighted by Gasteiger charge is -2.22. The molecule has 2 aromatic heterocycles. The SMILES string of the molecule is NC(O)c1cc(-c2cccnc2[C@H](Cc2cc(F)cc(F)c2)NC(=O)Cn2nc(C(F)(F)F)c3c2CCNC3=O)ccc1F. The number of alkyl halides is 3. The fourth-order valence-electron chi connectivity index (χ4n) is 5.14. The molecule has 230 valence electrons. The summed E-state index contributed by atoms with van der Waals surface area (Å²) >= 11 is 0. The van der Waals surface area contributed by atoms with Crippen molar-refractivity contribution in [3.63, 3.8) is 0 Å². The Balaban J connectivity index is 1.53. The summed E-state index contributed by atoms with van der Waals surface area (Å²) < 4.78 is 84.2. The van der Waals surface area contributed by atoms with Gasteiger partial charge in [0.05, 0.1) is 23.0 Å². The van der Waals surface area contributed by atoms with Crippen molar-refractivity contribution in [3.8, 4) is 11.1 Å². The van der Waals surface area contributed by atoms with Crippen LogP contribution in [0.4, 0.5) is 26.3 Å². The van der Waals surface area contributed by atoms with Crippen molar-refractivity contribution in [2.75, 3.05) is 6.54 Å². The first kappa shape index (κ1) is 30.7. The standard InChI is InChI=1S/C29H24F6N6O3/c30-16-8-14(9-17(31)12-16)10-21(25-18(2-1-6-37-25)15-3-4-20(32)19(11-15)27(36)43)39-23(42)13-41-22-5-7-38-28(44)24(22)26(40-41)29(33,34)35/h1-4,6,8-9,11-12,21,27,43H,5,7,10,13,36H2,(H,38,44)(H,39,42)/t21-,27?/m0/s1. The van der Waals surface area contributed by atoms with Crippen LogP contribution in [0.2, 0.25) is 0 Å². The number of aliphatic hydroxyl groups excluding tert-OH is 1. The number of benzene rings is 2. The lowest BCUT2D eigenvalue weighted by atomic mass is 9.94. The molecule has 44 heavy (non-hydrogen) atoms. The smallest absolute Gasteiger partial charge is 0.374 e. The minimum atomic E-state index is -4.96. The van der Waals surface area contributed by atoms with Crippen LogP contribution in [0.25, 0.3) is 11.1 Å². The van der Waals surface area contributed by atoms with Gasteiger partial charge in [0, 0.05) is 36.4 Å². The van der Waals surface area contributed by atoms with Crippen LogP contribution in [0, 0.1) is 17.5 Å². The average molecular weight is 619 g/mol. The molecule has 0 aliphatic carbocycles. The van der Waals surface area contributed by atoms with Crippen LogP contribution in [0.3, 0.4) is 0 Å². The van der Waals surface area contributed by atoms with Crippen LogP contribution in [0.15, 0.2) is 54.7 Å². The minimum absolute atomic E-state index is 0.00624. The van der Waals surface area contributed by atoms with Crippen molar-refractivity contribution in [2.45, 2.75) is 37.8 Å². The van der Waals surface area contributed by atoms with Gasteiger partial charge in [-0.3, -0.25) is 19.3 Å². The minimum Gasteiger partial charge on any atom is -0.374 e. The first-order valence-electron chi connectivity index (χ1n) is 13.2. The van der Waals surface area contributed by atoms with E-state index in [1.807, 2.05) is 0 Å². The van der Waals surface area contributed by atoms with Gasteiger partial charge in [-0.25, -0.2) is 13.2 Å². The third kappa shape index (κ3) is 6.43. The molecule has 0 radical (unpaired) electrons. The van der Waals surface area contributed by atoms with Crippen molar-refractivity contribution in [3.05, 3.63) is 106 Å². The molecule has 0 saturated heterocycles. The molecule has 1 aliphatic heterocycles. The molecule has 0 spiro atoms. The number of nitrogens with zero attached hydrogens (tertiary/aromatic N) is 3. The number of pyridine rings is 1. The molecule has 9 nitrogen and oxygen atoms in total. The molecule has 5 N–H and O–H groups in total. The zero-order valence-electron chi connectivity index (χ0n) is 22.6. The lowest BCUT2D eigenvalue weighted by molar-refractivity contribution is -0.142. The summed E-state index contributed by atoms with van der Waals surface area (Å²) in [6, 6.07) is 8.48. The third-order valence-corrected chi connectivity index (χ3v) is 6.99. The highest BCUT2D eigenvalue weighted by atomic mass is 19.4. The van der Waals surface area contributed by atoms with E-state index in [9.17, 15) is 41.0 Å². The highest BCUT2D eigenvalue weighted by Gasteiger charge is 2.42. The molecule has 2 aromatic carbocycles. The quantitative estimate of drug-likeness (QED) is 0.176. The van der Waals surface area contributed by atoms with E-state index in [1.165, 1.54) is 18.3 Å². The van der Waals surface area contributed by atoms with E-state index in [2.05, 4.69) is 20.7 Å². The molecule has 5 rings (SSSR count). The topological polar surface area (TPSA) is 135 Å². The van der Waals surface area contributed by atoms with Crippen molar-refractivity contribution in [1.29, 1.82) is 0 Å². The van der Waals surface area contributed by atoms with Crippen molar-refractivity contribution >= 4 is 11.8 Å². The molecular weight excluding hydrogens is 594 g/mol. The van der Waals surface area contributed by atoms with E-state index in [1.54, 1.807) is 12.1 Å². The summed E-state index contributed by atoms with van der Waals surface area (Å²) in [4.78, 5) is 30.0. The number of aromatic nitrogens is 3. The van der Waals surface area contributed by atoms with Gasteiger partial charge >= 0.3 is 6.18 Å². The average Bonchev–Trinajstić information content (AvgIpc) is 3.32. The summed E-state index contributed by atoms with van der Waals surface area (Å²) in [5, 5.41) is 18.3. The molecule has 3 heterocycles. The van der Waals surface area contributed by atoms with Gasteiger partial charge in [0.25, 0.3) is 5.91 Å². The maximum Gasteiger partial charge on any atom is 0.435 e. The van der Waals surface area contributed by atoms with Crippen LogP contribution in [-0.4, -0.2) is 38.2 Å². The Hall–Kier alpha value is -4.76. The molecule has 4 aromatic rings. The second kappa shape index (κ2) is 12.1. The van der Waals surface area contributed by atoms with E-state index >= 15 is 0 Å². The summed E-state index contributed by atoms with van der Waals surface area (Å²) in [7, 11) is 0. The highest BCUT2D eigenvalue weighted by molar-refractivity contribution is 5.97. The van der Waals surface area contributed by atoms with Gasteiger partial charge in [-0.15, -0.1) is 0 Å². The summed E-state index contributed by atoms with van der Waals surface area (Å²) in [6.07, 6.45) is -5.45. The van der Waals surface area contributed by atoms with Crippen LogP contribution < -0.4 is 16.4 Å². The molecule has 1 unspecified atom stereocenters. The number of aliphatic hydroxyl groups is 1. The Labute approximate surface area is 245 Å². The number of nitrogens with two attached hydrogens (primary N) is 1. The normalized spacial score (nSPS) is 14.5. The fraction of sp³-hybridized carbons (Fsp3) is 0.241. The summed E-state index contributed by atoms with van der Waals surface area (Å²) in [5.41, 5.74) is 4.05. The van der Waals surface area contributed by atoms with Gasteiger partial charge < -0.3 is 21.5 Å². The van der Waals surface area contributed by atoms with Gasteiger partial charge in [-0.1, -0.05) is 12.1 Å². The maximum absolute atomic E-state index is 14.3. The molecule has 1 aliphatic rings. The van der Waals surface area contributed by atoms with Gasteiger partial charge in [0.15, 0.2) is 5.69 Å². The molecule has 15 heteroatoms. The van der Waals surface area contributed by atoms with Gasteiger partial charge in [0.1, 0.15) is 30.2 Å². The second-order valence-electron chi connectivity index (χ2n) is 10.1. The van der Waals surface area contributed by atoms with Gasteiger partial charge in [-0.05, 0) is 47.9 Å². The van der Waals surface area contributed by atoms with Gasteiger partial charge in [0.2, 0.25) is 5.91 Å². The summed E-state index contributed by atoms with van der Waals surface area (Å²) in [5.74, 6) is -4.34. The fourth-order valence-corrected chi connectivity index (χ4v) is 5.14. The van der Waals surface area contributed by atoms with Crippen LogP contribution in [0.1, 0.15) is 50.8 Å². The number of hydrogen-bond acceptors (Lipinski definition) is 6. The Bertz CT molecular complexity index is 1720. The predicted octanol–water partition coefficient (Wildman–Crippen LogP) is 3.72. The molecule has 0 bridgehead atoms. The first-order chi connectivity index (χ1) is 20.8. The monoisotopic (exact) mass is 618 g/mol. The van der Waals surface area contributed by atoms with E-state index in [4.69, 9.17) is 5.73 Å². The summed E-state index contributed by atoms with van der Waals surface area (Å²) in [6.45, 7) is -0.680. The molecular formula is C29H24F6N6O3. The van der Waals surface area contributed by atoms with Crippen LogP contribution in [0.5, 0.6) is 0 Å². The van der Waals surface area contributed by atoms with E-state index in [0.717, 1.165) is 22.9 Å². The van der Waals surface area contributed by atoms with Crippen molar-refractivity contribution in [1.82, 2.24) is 25.4 Å². The molecule has 0 saturated carbocycles. The number of rotatable bonds is 8. The number of carbonyl (C=O) groups is 2. The van der Waals surface area contributed by atoms with Crippen LogP contribution >= 0.6 is 0 Å². The molecule has 2 atom stereocenters. The number of nitrogens with one attached hydrogen (secondary N) is 2. The number of amides is 2. The molecule has 2 amide bonds. The zero-order valence-corrected chi connectivity index (χ0v) is 22.6. The van der Waals surface area contributed by atoms with Crippen LogP contribution in [-0.2, 0) is 30.4 Å². The third-order valence-electron chi connectivity index (χ3n) is 6.99.